The molecule has 32 heavy (non-hydrogen) atoms. The van der Waals surface area contributed by atoms with Gasteiger partial charge in [0.1, 0.15) is 5.75 Å². The number of halogens is 1. The maximum atomic E-state index is 12.6. The van der Waals surface area contributed by atoms with Crippen molar-refractivity contribution >= 4 is 64.2 Å². The number of benzene rings is 1. The number of thioether (sulfide) groups is 1. The summed E-state index contributed by atoms with van der Waals surface area (Å²) in [5, 5.41) is 20.6. The quantitative estimate of drug-likeness (QED) is 0.355. The van der Waals surface area contributed by atoms with Gasteiger partial charge in [-0.15, -0.1) is 10.2 Å². The molecule has 4 rings (SSSR count). The molecule has 3 heterocycles. The van der Waals surface area contributed by atoms with E-state index in [9.17, 15) is 9.59 Å². The van der Waals surface area contributed by atoms with Gasteiger partial charge in [0, 0.05) is 19.2 Å². The highest BCUT2D eigenvalue weighted by Crippen LogP contribution is 2.36. The molecule has 14 heteroatoms. The van der Waals surface area contributed by atoms with Gasteiger partial charge in [-0.3, -0.25) is 9.59 Å². The van der Waals surface area contributed by atoms with Gasteiger partial charge < -0.3 is 26.0 Å². The lowest BCUT2D eigenvalue weighted by atomic mass is 10.2. The number of nitrogens with zero attached hydrogens (tertiary/aromatic N) is 5. The van der Waals surface area contributed by atoms with Crippen molar-refractivity contribution in [2.45, 2.75) is 19.0 Å². The van der Waals surface area contributed by atoms with Crippen LogP contribution in [-0.4, -0.2) is 61.8 Å². The lowest BCUT2D eigenvalue weighted by Gasteiger charge is -2.19. The second kappa shape index (κ2) is 9.44. The van der Waals surface area contributed by atoms with E-state index in [1.165, 1.54) is 17.8 Å². The molecular weight excluding hydrogens is 458 g/mol. The first-order valence-corrected chi connectivity index (χ1v) is 11.1. The number of carbonyl (C=O) groups is 2. The molecule has 0 bridgehead atoms. The third-order valence-electron chi connectivity index (χ3n) is 4.22. The fourth-order valence-corrected chi connectivity index (χ4v) is 3.85. The molecule has 0 unspecified atom stereocenters. The summed E-state index contributed by atoms with van der Waals surface area (Å²) in [6, 6.07) is 3.11. The van der Waals surface area contributed by atoms with Gasteiger partial charge in [-0.1, -0.05) is 23.4 Å². The summed E-state index contributed by atoms with van der Waals surface area (Å²) in [5.74, 6) is 1.25. The fraction of sp³-hybridized carbons (Fsp3) is 0.333. The molecule has 168 valence electrons. The molecule has 1 aromatic carbocycles. The normalized spacial score (nSPS) is 12.7. The van der Waals surface area contributed by atoms with E-state index in [1.807, 2.05) is 13.8 Å². The van der Waals surface area contributed by atoms with Crippen molar-refractivity contribution in [1.82, 2.24) is 24.6 Å². The summed E-state index contributed by atoms with van der Waals surface area (Å²) < 4.78 is 7.03. The van der Waals surface area contributed by atoms with Gasteiger partial charge in [0.2, 0.25) is 17.8 Å². The van der Waals surface area contributed by atoms with Crippen LogP contribution in [0.2, 0.25) is 5.02 Å². The number of carbonyl (C=O) groups excluding carboxylic acids is 2. The van der Waals surface area contributed by atoms with Crippen molar-refractivity contribution in [2.75, 3.05) is 46.7 Å². The number of aromatic nitrogens is 5. The van der Waals surface area contributed by atoms with Crippen molar-refractivity contribution in [3.05, 3.63) is 17.2 Å². The molecule has 0 fully saturated rings. The molecule has 0 aliphatic carbocycles. The predicted molar refractivity (Wildman–Crippen MR) is 122 cm³/mol. The van der Waals surface area contributed by atoms with Crippen LogP contribution < -0.4 is 26.0 Å². The number of fused-ring (bicyclic) bond motifs is 2. The molecule has 0 radical (unpaired) electrons. The molecule has 12 nitrogen and oxygen atoms in total. The van der Waals surface area contributed by atoms with Crippen LogP contribution in [0.3, 0.4) is 0 Å². The van der Waals surface area contributed by atoms with Gasteiger partial charge in [0.15, 0.2) is 11.8 Å². The van der Waals surface area contributed by atoms with Gasteiger partial charge >= 0.3 is 0 Å². The van der Waals surface area contributed by atoms with Crippen molar-refractivity contribution in [3.63, 3.8) is 0 Å². The summed E-state index contributed by atoms with van der Waals surface area (Å²) in [6.07, 6.45) is 0. The predicted octanol–water partition coefficient (Wildman–Crippen LogP) is 2.10. The van der Waals surface area contributed by atoms with Gasteiger partial charge in [-0.2, -0.15) is 9.97 Å². The number of amides is 2. The third kappa shape index (κ3) is 4.62. The Hall–Kier alpha value is -3.32. The first kappa shape index (κ1) is 21.9. The second-order valence-corrected chi connectivity index (χ2v) is 7.90. The highest BCUT2D eigenvalue weighted by molar-refractivity contribution is 7.99. The highest BCUT2D eigenvalue weighted by Gasteiger charge is 2.20. The first-order chi connectivity index (χ1) is 15.5. The minimum absolute atomic E-state index is 0.0479. The fourth-order valence-electron chi connectivity index (χ4n) is 2.91. The van der Waals surface area contributed by atoms with Gasteiger partial charge in [0.25, 0.3) is 11.7 Å². The van der Waals surface area contributed by atoms with E-state index in [0.29, 0.717) is 53.0 Å². The molecule has 1 aliphatic rings. The number of hydrogen-bond donors (Lipinski definition) is 4. The molecule has 1 aliphatic heterocycles. The van der Waals surface area contributed by atoms with Crippen molar-refractivity contribution in [1.29, 1.82) is 0 Å². The van der Waals surface area contributed by atoms with E-state index in [-0.39, 0.29) is 29.2 Å². The zero-order chi connectivity index (χ0) is 22.7. The number of rotatable bonds is 8. The average molecular weight is 478 g/mol. The molecule has 2 aromatic heterocycles. The lowest BCUT2D eigenvalue weighted by Crippen LogP contribution is -2.25. The zero-order valence-electron chi connectivity index (χ0n) is 17.2. The Balaban J connectivity index is 1.48. The summed E-state index contributed by atoms with van der Waals surface area (Å²) in [7, 11) is 0. The molecule has 0 atom stereocenters. The Bertz CT molecular complexity index is 1190. The lowest BCUT2D eigenvalue weighted by molar-refractivity contribution is -0.118. The largest absolute Gasteiger partial charge is 0.482 e. The maximum absolute atomic E-state index is 12.6. The standard InChI is InChI=1S/C18H20ClN9O3S/c1-3-20-15-24-16(21-4-2)28-17(25-15)26-27-18(28)32-8-14(30)22-10-6-12-11(5-9(10)19)23-13(29)7-31-12/h5-6H,3-4,7-8H2,1-2H3,(H,22,30)(H,23,29)(H2,20,21,24,25,26). The Kier molecular flexibility index (Phi) is 6.46. The Morgan fingerprint density at radius 2 is 2.06 bits per heavy atom. The van der Waals surface area contributed by atoms with Crippen LogP contribution in [0.4, 0.5) is 23.3 Å². The van der Waals surface area contributed by atoms with Crippen LogP contribution in [0.1, 0.15) is 13.8 Å². The molecule has 0 saturated heterocycles. The van der Waals surface area contributed by atoms with E-state index in [4.69, 9.17) is 16.3 Å². The van der Waals surface area contributed by atoms with Gasteiger partial charge in [-0.25, -0.2) is 4.40 Å². The van der Waals surface area contributed by atoms with Crippen LogP contribution in [-0.2, 0) is 9.59 Å². The molecule has 2 amide bonds. The summed E-state index contributed by atoms with van der Waals surface area (Å²) >= 11 is 7.42. The number of ether oxygens (including phenoxy) is 1. The Morgan fingerprint density at radius 1 is 1.25 bits per heavy atom. The number of anilines is 4. The number of hydrogen-bond acceptors (Lipinski definition) is 10. The molecule has 4 N–H and O–H groups in total. The second-order valence-electron chi connectivity index (χ2n) is 6.55. The summed E-state index contributed by atoms with van der Waals surface area (Å²) in [4.78, 5) is 32.7. The maximum Gasteiger partial charge on any atom is 0.262 e. The Labute approximate surface area is 191 Å². The topological polar surface area (TPSA) is 147 Å². The van der Waals surface area contributed by atoms with Crippen LogP contribution in [0.25, 0.3) is 5.78 Å². The van der Waals surface area contributed by atoms with Crippen molar-refractivity contribution in [3.8, 4) is 5.75 Å². The molecular formula is C18H20ClN9O3S. The molecule has 0 saturated carbocycles. The molecule has 3 aromatic rings. The van der Waals surface area contributed by atoms with Crippen molar-refractivity contribution < 1.29 is 14.3 Å². The molecule has 0 spiro atoms. The summed E-state index contributed by atoms with van der Waals surface area (Å²) in [5.41, 5.74) is 0.840. The summed E-state index contributed by atoms with van der Waals surface area (Å²) in [6.45, 7) is 5.10. The van der Waals surface area contributed by atoms with Crippen LogP contribution >= 0.6 is 23.4 Å². The van der Waals surface area contributed by atoms with E-state index in [0.717, 1.165) is 0 Å². The van der Waals surface area contributed by atoms with Gasteiger partial charge in [-0.05, 0) is 19.9 Å². The third-order valence-corrected chi connectivity index (χ3v) is 5.47. The van der Waals surface area contributed by atoms with Crippen LogP contribution in [0.15, 0.2) is 17.3 Å². The van der Waals surface area contributed by atoms with Crippen molar-refractivity contribution in [2.24, 2.45) is 0 Å². The van der Waals surface area contributed by atoms with E-state index in [2.05, 4.69) is 41.4 Å². The smallest absolute Gasteiger partial charge is 0.262 e. The highest BCUT2D eigenvalue weighted by atomic mass is 35.5. The van der Waals surface area contributed by atoms with E-state index in [1.54, 1.807) is 10.5 Å². The SMILES string of the molecule is CCNc1nc(NCC)n2c(SCC(=O)Nc3cc4c(cc3Cl)NC(=O)CO4)nnc2n1. The van der Waals surface area contributed by atoms with Gasteiger partial charge in [0.05, 0.1) is 22.2 Å². The minimum atomic E-state index is -0.302. The number of nitrogens with one attached hydrogen (secondary N) is 4. The average Bonchev–Trinajstić information content (AvgIpc) is 3.17. The Morgan fingerprint density at radius 3 is 2.84 bits per heavy atom. The minimum Gasteiger partial charge on any atom is -0.482 e. The zero-order valence-corrected chi connectivity index (χ0v) is 18.8. The van der Waals surface area contributed by atoms with Crippen LogP contribution in [0.5, 0.6) is 5.75 Å². The monoisotopic (exact) mass is 477 g/mol. The van der Waals surface area contributed by atoms with E-state index >= 15 is 0 Å². The first-order valence-electron chi connectivity index (χ1n) is 9.78. The van der Waals surface area contributed by atoms with E-state index < -0.39 is 0 Å². The van der Waals surface area contributed by atoms with Crippen LogP contribution in [0, 0.1) is 0 Å².